The molecule has 3 aliphatic rings. The molecule has 5 heteroatoms. The monoisotopic (exact) mass is 382 g/mol. The summed E-state index contributed by atoms with van der Waals surface area (Å²) >= 11 is 6.01. The molecule has 0 aliphatic heterocycles. The average molecular weight is 383 g/mol. The molecule has 3 fully saturated rings. The molecule has 3 unspecified atom stereocenters. The molecule has 3 nitrogen and oxygen atoms in total. The number of nitrogens with one attached hydrogen (secondary N) is 1. The lowest BCUT2D eigenvalue weighted by Gasteiger charge is -2.43. The summed E-state index contributed by atoms with van der Waals surface area (Å²) < 4.78 is 0. The van der Waals surface area contributed by atoms with Crippen LogP contribution in [0.4, 0.5) is 0 Å². The highest BCUT2D eigenvalue weighted by molar-refractivity contribution is 6.30. The van der Waals surface area contributed by atoms with E-state index in [9.17, 15) is 4.79 Å². The molecule has 0 saturated heterocycles. The van der Waals surface area contributed by atoms with Crippen LogP contribution in [0.15, 0.2) is 24.3 Å². The van der Waals surface area contributed by atoms with Gasteiger partial charge in [-0.05, 0) is 74.0 Å². The molecule has 3 saturated carbocycles. The van der Waals surface area contributed by atoms with Gasteiger partial charge in [-0.25, -0.2) is 0 Å². The van der Waals surface area contributed by atoms with Gasteiger partial charge in [0.15, 0.2) is 0 Å². The Morgan fingerprint density at radius 1 is 1.08 bits per heavy atom. The minimum absolute atomic E-state index is 0. The summed E-state index contributed by atoms with van der Waals surface area (Å²) in [5.41, 5.74) is 7.55. The number of hydrogen-bond donors (Lipinski definition) is 2. The summed E-state index contributed by atoms with van der Waals surface area (Å²) in [4.78, 5) is 12.9. The van der Waals surface area contributed by atoms with Crippen molar-refractivity contribution in [1.29, 1.82) is 0 Å². The van der Waals surface area contributed by atoms with E-state index >= 15 is 0 Å². The first-order valence-corrected chi connectivity index (χ1v) is 9.81. The Labute approximate surface area is 161 Å². The first-order valence-electron chi connectivity index (χ1n) is 9.43. The summed E-state index contributed by atoms with van der Waals surface area (Å²) in [6.45, 7) is 0. The van der Waals surface area contributed by atoms with Crippen molar-refractivity contribution in [3.8, 4) is 0 Å². The number of rotatable bonds is 4. The summed E-state index contributed by atoms with van der Waals surface area (Å²) in [5.74, 6) is 2.06. The van der Waals surface area contributed by atoms with Gasteiger partial charge in [-0.15, -0.1) is 12.4 Å². The van der Waals surface area contributed by atoms with Crippen molar-refractivity contribution in [1.82, 2.24) is 5.32 Å². The largest absolute Gasteiger partial charge is 0.349 e. The van der Waals surface area contributed by atoms with Gasteiger partial charge in [-0.2, -0.15) is 0 Å². The number of amides is 1. The van der Waals surface area contributed by atoms with Crippen LogP contribution < -0.4 is 11.1 Å². The van der Waals surface area contributed by atoms with Crippen molar-refractivity contribution in [2.75, 3.05) is 0 Å². The number of carbonyl (C=O) groups excluding carboxylic acids is 1. The van der Waals surface area contributed by atoms with Gasteiger partial charge < -0.3 is 11.1 Å². The van der Waals surface area contributed by atoms with E-state index in [0.29, 0.717) is 23.8 Å². The van der Waals surface area contributed by atoms with Gasteiger partial charge in [0.25, 0.3) is 0 Å². The number of benzene rings is 1. The Balaban J connectivity index is 0.00000182. The third-order valence-corrected chi connectivity index (χ3v) is 6.66. The van der Waals surface area contributed by atoms with Crippen LogP contribution in [0.1, 0.15) is 56.6 Å². The van der Waals surface area contributed by atoms with E-state index < -0.39 is 0 Å². The zero-order chi connectivity index (χ0) is 16.7. The third-order valence-electron chi connectivity index (χ3n) is 6.40. The fourth-order valence-corrected chi connectivity index (χ4v) is 4.97. The maximum Gasteiger partial charge on any atom is 0.223 e. The molecule has 0 spiro atoms. The van der Waals surface area contributed by atoms with Crippen LogP contribution in [-0.2, 0) is 4.79 Å². The Kier molecular flexibility index (Phi) is 5.97. The second-order valence-corrected chi connectivity index (χ2v) is 8.51. The molecule has 1 aromatic carbocycles. The van der Waals surface area contributed by atoms with E-state index in [4.69, 9.17) is 17.3 Å². The number of fused-ring (bicyclic) bond motifs is 2. The van der Waals surface area contributed by atoms with Crippen molar-refractivity contribution in [2.24, 2.45) is 29.4 Å². The predicted molar refractivity (Wildman–Crippen MR) is 104 cm³/mol. The van der Waals surface area contributed by atoms with E-state index in [-0.39, 0.29) is 30.3 Å². The van der Waals surface area contributed by atoms with E-state index in [0.717, 1.165) is 17.9 Å². The van der Waals surface area contributed by atoms with E-state index in [1.165, 1.54) is 37.7 Å². The maximum absolute atomic E-state index is 12.9. The van der Waals surface area contributed by atoms with Crippen LogP contribution in [0, 0.1) is 23.7 Å². The number of nitrogens with two attached hydrogens (primary N) is 1. The van der Waals surface area contributed by atoms with Crippen molar-refractivity contribution in [2.45, 2.75) is 57.0 Å². The van der Waals surface area contributed by atoms with Gasteiger partial charge in [0, 0.05) is 17.0 Å². The van der Waals surface area contributed by atoms with Crippen molar-refractivity contribution in [3.05, 3.63) is 34.9 Å². The van der Waals surface area contributed by atoms with Gasteiger partial charge in [0.1, 0.15) is 0 Å². The van der Waals surface area contributed by atoms with Crippen molar-refractivity contribution >= 4 is 29.9 Å². The van der Waals surface area contributed by atoms with Crippen LogP contribution >= 0.6 is 24.0 Å². The molecule has 1 aromatic rings. The number of halogens is 2. The van der Waals surface area contributed by atoms with Crippen LogP contribution in [0.2, 0.25) is 5.02 Å². The van der Waals surface area contributed by atoms with E-state index in [2.05, 4.69) is 17.4 Å². The molecule has 4 rings (SSSR count). The van der Waals surface area contributed by atoms with Crippen LogP contribution in [0.25, 0.3) is 0 Å². The highest BCUT2D eigenvalue weighted by Crippen LogP contribution is 2.44. The zero-order valence-electron chi connectivity index (χ0n) is 14.5. The maximum atomic E-state index is 12.9. The molecule has 0 heterocycles. The quantitative estimate of drug-likeness (QED) is 0.805. The average Bonchev–Trinajstić information content (AvgIpc) is 3.38. The second kappa shape index (κ2) is 7.85. The fourth-order valence-electron chi connectivity index (χ4n) is 4.85. The van der Waals surface area contributed by atoms with E-state index in [1.807, 2.05) is 12.1 Å². The third kappa shape index (κ3) is 4.15. The molecule has 2 bridgehead atoms. The minimum atomic E-state index is 0. The molecule has 25 heavy (non-hydrogen) atoms. The van der Waals surface area contributed by atoms with Crippen molar-refractivity contribution in [3.63, 3.8) is 0 Å². The van der Waals surface area contributed by atoms with Gasteiger partial charge >= 0.3 is 0 Å². The predicted octanol–water partition coefficient (Wildman–Crippen LogP) is 4.48. The van der Waals surface area contributed by atoms with Crippen LogP contribution in [0.5, 0.6) is 0 Å². The highest BCUT2D eigenvalue weighted by atomic mass is 35.5. The van der Waals surface area contributed by atoms with Crippen molar-refractivity contribution < 1.29 is 4.79 Å². The highest BCUT2D eigenvalue weighted by Gasteiger charge is 2.42. The van der Waals surface area contributed by atoms with Crippen LogP contribution in [0.3, 0.4) is 0 Å². The molecule has 3 aliphatic carbocycles. The first kappa shape index (κ1) is 19.0. The number of hydrogen-bond acceptors (Lipinski definition) is 2. The van der Waals surface area contributed by atoms with E-state index in [1.54, 1.807) is 0 Å². The molecule has 0 radical (unpaired) electrons. The Morgan fingerprint density at radius 3 is 2.24 bits per heavy atom. The van der Waals surface area contributed by atoms with Gasteiger partial charge in [0.05, 0.1) is 6.04 Å². The lowest BCUT2D eigenvalue weighted by Crippen LogP contribution is -2.49. The summed E-state index contributed by atoms with van der Waals surface area (Å²) in [6, 6.07) is 8.41. The summed E-state index contributed by atoms with van der Waals surface area (Å²) in [5, 5.41) is 4.11. The molecule has 1 amide bonds. The molecule has 3 atom stereocenters. The lowest BCUT2D eigenvalue weighted by molar-refractivity contribution is -0.128. The molecule has 138 valence electrons. The molecular formula is C20H28Cl2N2O. The SMILES string of the molecule is Cl.NC1C2CCCC1CC(C(=O)NC(c1ccc(Cl)cc1)C1CC1)C2. The normalized spacial score (nSPS) is 32.4. The molecule has 3 N–H and O–H groups in total. The van der Waals surface area contributed by atoms with Gasteiger partial charge in [0.2, 0.25) is 5.91 Å². The second-order valence-electron chi connectivity index (χ2n) is 8.07. The Bertz CT molecular complexity index is 588. The first-order chi connectivity index (χ1) is 11.6. The zero-order valence-corrected chi connectivity index (χ0v) is 16.1. The smallest absolute Gasteiger partial charge is 0.223 e. The van der Waals surface area contributed by atoms with Gasteiger partial charge in [-0.1, -0.05) is 30.2 Å². The molecular weight excluding hydrogens is 355 g/mol. The number of carbonyl (C=O) groups is 1. The minimum Gasteiger partial charge on any atom is -0.349 e. The topological polar surface area (TPSA) is 55.1 Å². The summed E-state index contributed by atoms with van der Waals surface area (Å²) in [7, 11) is 0. The Morgan fingerprint density at radius 2 is 1.68 bits per heavy atom. The fraction of sp³-hybridized carbons (Fsp3) is 0.650. The van der Waals surface area contributed by atoms with Gasteiger partial charge in [-0.3, -0.25) is 4.79 Å². The molecule has 0 aromatic heterocycles. The standard InChI is InChI=1S/C20H27ClN2O.ClH/c21-17-8-6-13(7-9-17)19(12-4-5-12)23-20(24)16-10-14-2-1-3-15(11-16)18(14)22;/h6-9,12,14-16,18-19H,1-5,10-11,22H2,(H,23,24);1H. The Hall–Kier alpha value is -0.770. The van der Waals surface area contributed by atoms with Crippen LogP contribution in [-0.4, -0.2) is 11.9 Å². The summed E-state index contributed by atoms with van der Waals surface area (Å²) in [6.07, 6.45) is 8.04. The lowest BCUT2D eigenvalue weighted by atomic mass is 9.65.